The molecule has 0 bridgehead atoms. The summed E-state index contributed by atoms with van der Waals surface area (Å²) in [4.78, 5) is 14.0. The molecule has 1 aromatic heterocycles. The fourth-order valence-corrected chi connectivity index (χ4v) is 1.47. The molecular formula is C11H8N2O. The van der Waals surface area contributed by atoms with Crippen molar-refractivity contribution < 1.29 is 0 Å². The highest BCUT2D eigenvalue weighted by atomic mass is 16.1. The van der Waals surface area contributed by atoms with Crippen LogP contribution in [0.25, 0.3) is 10.8 Å². The first-order valence-corrected chi connectivity index (χ1v) is 4.24. The van der Waals surface area contributed by atoms with Gasteiger partial charge in [0.05, 0.1) is 5.56 Å². The van der Waals surface area contributed by atoms with Crippen molar-refractivity contribution in [1.29, 1.82) is 5.26 Å². The molecule has 2 rings (SSSR count). The number of rotatable bonds is 0. The van der Waals surface area contributed by atoms with Gasteiger partial charge >= 0.3 is 0 Å². The smallest absolute Gasteiger partial charge is 0.255 e. The Hall–Kier alpha value is -2.08. The van der Waals surface area contributed by atoms with E-state index >= 15 is 0 Å². The minimum atomic E-state index is -0.150. The van der Waals surface area contributed by atoms with E-state index in [2.05, 4.69) is 4.98 Å². The lowest BCUT2D eigenvalue weighted by Gasteiger charge is -1.99. The third-order valence-corrected chi connectivity index (χ3v) is 2.18. The number of nitrogens with one attached hydrogen (secondary N) is 1. The highest BCUT2D eigenvalue weighted by Crippen LogP contribution is 2.14. The van der Waals surface area contributed by atoms with Crippen LogP contribution in [0.1, 0.15) is 11.1 Å². The van der Waals surface area contributed by atoms with Gasteiger partial charge in [-0.15, -0.1) is 0 Å². The van der Waals surface area contributed by atoms with Crippen molar-refractivity contribution in [2.45, 2.75) is 6.92 Å². The summed E-state index contributed by atoms with van der Waals surface area (Å²) in [6, 6.07) is 7.53. The van der Waals surface area contributed by atoms with Crippen LogP contribution in [0.2, 0.25) is 0 Å². The van der Waals surface area contributed by atoms with Gasteiger partial charge in [-0.25, -0.2) is 0 Å². The van der Waals surface area contributed by atoms with Crippen LogP contribution in [0.3, 0.4) is 0 Å². The van der Waals surface area contributed by atoms with Gasteiger partial charge in [0.25, 0.3) is 5.56 Å². The second kappa shape index (κ2) is 3.00. The first kappa shape index (κ1) is 8.52. The number of hydrogen-bond acceptors (Lipinski definition) is 2. The Morgan fingerprint density at radius 2 is 2.14 bits per heavy atom. The number of fused-ring (bicyclic) bond motifs is 1. The monoisotopic (exact) mass is 184 g/mol. The topological polar surface area (TPSA) is 56.6 Å². The zero-order valence-corrected chi connectivity index (χ0v) is 7.66. The Morgan fingerprint density at radius 3 is 2.86 bits per heavy atom. The largest absolute Gasteiger partial charge is 0.327 e. The molecule has 0 saturated heterocycles. The molecule has 1 N–H and O–H groups in total. The highest BCUT2D eigenvalue weighted by Gasteiger charge is 2.03. The first-order valence-electron chi connectivity index (χ1n) is 4.24. The van der Waals surface area contributed by atoms with E-state index in [9.17, 15) is 4.79 Å². The molecule has 2 aromatic rings. The molecule has 14 heavy (non-hydrogen) atoms. The van der Waals surface area contributed by atoms with E-state index in [1.165, 1.54) is 6.20 Å². The maximum Gasteiger partial charge on any atom is 0.255 e. The molecule has 0 spiro atoms. The van der Waals surface area contributed by atoms with Crippen molar-refractivity contribution in [3.63, 3.8) is 0 Å². The summed E-state index contributed by atoms with van der Waals surface area (Å²) in [6.07, 6.45) is 1.44. The van der Waals surface area contributed by atoms with Gasteiger partial charge in [0.1, 0.15) is 6.07 Å². The summed E-state index contributed by atoms with van der Waals surface area (Å²) < 4.78 is 0. The summed E-state index contributed by atoms with van der Waals surface area (Å²) in [7, 11) is 0. The van der Waals surface area contributed by atoms with Crippen molar-refractivity contribution >= 4 is 10.8 Å². The van der Waals surface area contributed by atoms with Gasteiger partial charge in [-0.05, 0) is 13.0 Å². The average Bonchev–Trinajstić information content (AvgIpc) is 2.19. The van der Waals surface area contributed by atoms with Crippen LogP contribution < -0.4 is 5.56 Å². The number of aryl methyl sites for hydroxylation is 1. The fraction of sp³-hybridized carbons (Fsp3) is 0.0909. The van der Waals surface area contributed by atoms with E-state index < -0.39 is 0 Å². The van der Waals surface area contributed by atoms with Crippen molar-refractivity contribution in [1.82, 2.24) is 4.98 Å². The van der Waals surface area contributed by atoms with Crippen LogP contribution in [-0.2, 0) is 0 Å². The van der Waals surface area contributed by atoms with Crippen LogP contribution in [0.4, 0.5) is 0 Å². The normalized spacial score (nSPS) is 10.0. The molecule has 68 valence electrons. The van der Waals surface area contributed by atoms with Crippen LogP contribution in [0.15, 0.2) is 29.2 Å². The van der Waals surface area contributed by atoms with Gasteiger partial charge in [-0.1, -0.05) is 17.7 Å². The molecular weight excluding hydrogens is 176 g/mol. The van der Waals surface area contributed by atoms with E-state index in [0.717, 1.165) is 5.56 Å². The molecule has 0 amide bonds. The Balaban J connectivity index is 3.01. The average molecular weight is 184 g/mol. The van der Waals surface area contributed by atoms with Gasteiger partial charge in [0.15, 0.2) is 0 Å². The fourth-order valence-electron chi connectivity index (χ4n) is 1.47. The lowest BCUT2D eigenvalue weighted by Crippen LogP contribution is -2.06. The molecule has 3 heteroatoms. The van der Waals surface area contributed by atoms with Gasteiger partial charge in [-0.3, -0.25) is 4.79 Å². The maximum absolute atomic E-state index is 11.4. The van der Waals surface area contributed by atoms with Crippen LogP contribution >= 0.6 is 0 Å². The number of hydrogen-bond donors (Lipinski definition) is 1. The quantitative estimate of drug-likeness (QED) is 0.677. The molecule has 0 radical (unpaired) electrons. The zero-order chi connectivity index (χ0) is 10.1. The molecule has 0 aliphatic rings. The number of aromatic nitrogens is 1. The van der Waals surface area contributed by atoms with E-state index in [4.69, 9.17) is 5.26 Å². The van der Waals surface area contributed by atoms with Crippen LogP contribution in [0.5, 0.6) is 0 Å². The molecule has 0 aliphatic carbocycles. The summed E-state index contributed by atoms with van der Waals surface area (Å²) in [6.45, 7) is 1.91. The van der Waals surface area contributed by atoms with Crippen molar-refractivity contribution in [3.05, 3.63) is 45.9 Å². The molecule has 0 atom stereocenters. The number of H-pyrrole nitrogens is 1. The van der Waals surface area contributed by atoms with Gasteiger partial charge < -0.3 is 4.98 Å². The molecule has 0 aliphatic heterocycles. The first-order chi connectivity index (χ1) is 6.72. The standard InChI is InChI=1S/C11H8N2O/c1-7-2-3-9-8(5-12)6-13-11(14)10(9)4-7/h2-4,6H,1H3,(H,13,14). The van der Waals surface area contributed by atoms with E-state index in [1.807, 2.05) is 19.1 Å². The predicted molar refractivity (Wildman–Crippen MR) is 54.0 cm³/mol. The Bertz CT molecular complexity index is 590. The van der Waals surface area contributed by atoms with Crippen molar-refractivity contribution in [3.8, 4) is 6.07 Å². The van der Waals surface area contributed by atoms with E-state index in [-0.39, 0.29) is 5.56 Å². The zero-order valence-electron chi connectivity index (χ0n) is 7.66. The van der Waals surface area contributed by atoms with Gasteiger partial charge in [-0.2, -0.15) is 5.26 Å². The van der Waals surface area contributed by atoms with E-state index in [1.54, 1.807) is 12.1 Å². The second-order valence-corrected chi connectivity index (χ2v) is 3.19. The third kappa shape index (κ3) is 1.17. The molecule has 1 heterocycles. The minimum absolute atomic E-state index is 0.150. The number of benzene rings is 1. The van der Waals surface area contributed by atoms with E-state index in [0.29, 0.717) is 16.3 Å². The van der Waals surface area contributed by atoms with Gasteiger partial charge in [0.2, 0.25) is 0 Å². The number of nitrogens with zero attached hydrogens (tertiary/aromatic N) is 1. The molecule has 0 fully saturated rings. The Morgan fingerprint density at radius 1 is 1.36 bits per heavy atom. The lowest BCUT2D eigenvalue weighted by molar-refractivity contribution is 1.26. The van der Waals surface area contributed by atoms with Crippen molar-refractivity contribution in [2.75, 3.05) is 0 Å². The number of aromatic amines is 1. The molecule has 3 nitrogen and oxygen atoms in total. The van der Waals surface area contributed by atoms with Gasteiger partial charge in [0, 0.05) is 17.0 Å². The van der Waals surface area contributed by atoms with Crippen molar-refractivity contribution in [2.24, 2.45) is 0 Å². The summed E-state index contributed by atoms with van der Waals surface area (Å²) >= 11 is 0. The molecule has 1 aromatic carbocycles. The molecule has 0 saturated carbocycles. The summed E-state index contributed by atoms with van der Waals surface area (Å²) in [5, 5.41) is 10.1. The van der Waals surface area contributed by atoms with Crippen LogP contribution in [0, 0.1) is 18.3 Å². The number of nitriles is 1. The third-order valence-electron chi connectivity index (χ3n) is 2.18. The number of pyridine rings is 1. The maximum atomic E-state index is 11.4. The predicted octanol–water partition coefficient (Wildman–Crippen LogP) is 1.71. The van der Waals surface area contributed by atoms with Crippen LogP contribution in [-0.4, -0.2) is 4.98 Å². The Labute approximate surface area is 80.6 Å². The summed E-state index contributed by atoms with van der Waals surface area (Å²) in [5.41, 5.74) is 1.36. The Kier molecular flexibility index (Phi) is 1.83. The SMILES string of the molecule is Cc1ccc2c(C#N)c[nH]c(=O)c2c1. The second-order valence-electron chi connectivity index (χ2n) is 3.19. The molecule has 0 unspecified atom stereocenters. The highest BCUT2D eigenvalue weighted by molar-refractivity contribution is 5.87. The lowest BCUT2D eigenvalue weighted by atomic mass is 10.1. The summed E-state index contributed by atoms with van der Waals surface area (Å²) in [5.74, 6) is 0. The minimum Gasteiger partial charge on any atom is -0.327 e.